The summed E-state index contributed by atoms with van der Waals surface area (Å²) in [4.78, 5) is 24.6. The Balaban J connectivity index is 1.62. The van der Waals surface area contributed by atoms with Crippen LogP contribution in [0, 0.1) is 5.92 Å². The molecule has 0 bridgehead atoms. The van der Waals surface area contributed by atoms with Crippen LogP contribution in [-0.2, 0) is 4.74 Å². The number of carbonyl (C=O) groups is 2. The first-order valence-corrected chi connectivity index (χ1v) is 14.9. The van der Waals surface area contributed by atoms with E-state index in [-0.39, 0.29) is 5.97 Å². The van der Waals surface area contributed by atoms with Crippen LogP contribution in [0.15, 0.2) is 48.5 Å². The molecule has 0 saturated carbocycles. The maximum absolute atomic E-state index is 12.5. The van der Waals surface area contributed by atoms with Gasteiger partial charge in [0.15, 0.2) is 0 Å². The molecule has 0 aromatic heterocycles. The molecule has 1 unspecified atom stereocenters. The van der Waals surface area contributed by atoms with Gasteiger partial charge in [0, 0.05) is 5.33 Å². The highest BCUT2D eigenvalue weighted by atomic mass is 79.9. The van der Waals surface area contributed by atoms with Crippen LogP contribution >= 0.6 is 15.9 Å². The molecule has 0 heterocycles. The van der Waals surface area contributed by atoms with Crippen molar-refractivity contribution in [3.8, 4) is 11.5 Å². The first-order chi connectivity index (χ1) is 18.0. The maximum atomic E-state index is 12.5. The molecule has 0 fully saturated rings. The lowest BCUT2D eigenvalue weighted by atomic mass is 10.1. The SMILES string of the molecule is CCC(C)COC(=O)c1ccc(OC(=O)c2ccc(OCCCCCCCCCCCCBr)cc2)cc1. The average molecular weight is 576 g/mol. The van der Waals surface area contributed by atoms with Gasteiger partial charge in [-0.05, 0) is 67.3 Å². The number of benzene rings is 2. The maximum Gasteiger partial charge on any atom is 0.343 e. The summed E-state index contributed by atoms with van der Waals surface area (Å²) in [6, 6.07) is 13.4. The summed E-state index contributed by atoms with van der Waals surface area (Å²) in [5, 5.41) is 1.13. The normalized spacial score (nSPS) is 11.6. The number of carbonyl (C=O) groups excluding carboxylic acids is 2. The summed E-state index contributed by atoms with van der Waals surface area (Å²) >= 11 is 3.48. The van der Waals surface area contributed by atoms with Crippen molar-refractivity contribution >= 4 is 27.9 Å². The van der Waals surface area contributed by atoms with Gasteiger partial charge < -0.3 is 14.2 Å². The number of unbranched alkanes of at least 4 members (excludes halogenated alkanes) is 9. The molecule has 1 atom stereocenters. The molecule has 5 nitrogen and oxygen atoms in total. The Hall–Kier alpha value is -2.34. The van der Waals surface area contributed by atoms with E-state index in [0.29, 0.717) is 36.0 Å². The molecule has 37 heavy (non-hydrogen) atoms. The summed E-state index contributed by atoms with van der Waals surface area (Å²) in [5.74, 6) is 0.616. The van der Waals surface area contributed by atoms with Gasteiger partial charge in [0.25, 0.3) is 0 Å². The Labute approximate surface area is 231 Å². The lowest BCUT2D eigenvalue weighted by Gasteiger charge is -2.10. The van der Waals surface area contributed by atoms with Crippen LogP contribution in [0.2, 0.25) is 0 Å². The van der Waals surface area contributed by atoms with Gasteiger partial charge in [-0.1, -0.05) is 87.6 Å². The van der Waals surface area contributed by atoms with Gasteiger partial charge >= 0.3 is 11.9 Å². The number of rotatable bonds is 19. The fourth-order valence-corrected chi connectivity index (χ4v) is 4.13. The number of hydrogen-bond donors (Lipinski definition) is 0. The summed E-state index contributed by atoms with van der Waals surface area (Å²) in [5.41, 5.74) is 0.873. The van der Waals surface area contributed by atoms with Gasteiger partial charge in [0.2, 0.25) is 0 Å². The predicted octanol–water partition coefficient (Wildman–Crippen LogP) is 8.78. The molecule has 6 heteroatoms. The smallest absolute Gasteiger partial charge is 0.343 e. The van der Waals surface area contributed by atoms with E-state index in [2.05, 4.69) is 22.9 Å². The predicted molar refractivity (Wildman–Crippen MR) is 153 cm³/mol. The average Bonchev–Trinajstić information content (AvgIpc) is 2.92. The fraction of sp³-hybridized carbons (Fsp3) is 0.548. The van der Waals surface area contributed by atoms with Crippen LogP contribution in [0.3, 0.4) is 0 Å². The number of alkyl halides is 1. The molecule has 0 amide bonds. The van der Waals surface area contributed by atoms with Crippen molar-refractivity contribution in [2.24, 2.45) is 5.92 Å². The zero-order chi connectivity index (χ0) is 26.7. The molecule has 0 aliphatic carbocycles. The molecule has 2 rings (SSSR count). The van der Waals surface area contributed by atoms with Crippen LogP contribution in [0.1, 0.15) is 105 Å². The largest absolute Gasteiger partial charge is 0.494 e. The second-order valence-electron chi connectivity index (χ2n) is 9.62. The van der Waals surface area contributed by atoms with Crippen molar-refractivity contribution < 1.29 is 23.8 Å². The minimum absolute atomic E-state index is 0.324. The van der Waals surface area contributed by atoms with Gasteiger partial charge in [-0.3, -0.25) is 0 Å². The number of hydrogen-bond acceptors (Lipinski definition) is 5. The minimum atomic E-state index is -0.457. The second-order valence-corrected chi connectivity index (χ2v) is 10.4. The highest BCUT2D eigenvalue weighted by Crippen LogP contribution is 2.18. The molecule has 0 aliphatic heterocycles. The lowest BCUT2D eigenvalue weighted by molar-refractivity contribution is 0.0447. The second kappa shape index (κ2) is 18.8. The van der Waals surface area contributed by atoms with E-state index in [4.69, 9.17) is 14.2 Å². The van der Waals surface area contributed by atoms with E-state index in [9.17, 15) is 9.59 Å². The first kappa shape index (κ1) is 30.9. The Morgan fingerprint density at radius 3 is 1.73 bits per heavy atom. The quantitative estimate of drug-likeness (QED) is 0.0725. The number of halogens is 1. The Morgan fingerprint density at radius 1 is 0.703 bits per heavy atom. The molecular formula is C31H43BrO5. The van der Waals surface area contributed by atoms with Gasteiger partial charge in [-0.15, -0.1) is 0 Å². The van der Waals surface area contributed by atoms with Gasteiger partial charge in [-0.2, -0.15) is 0 Å². The van der Waals surface area contributed by atoms with Crippen LogP contribution in [-0.4, -0.2) is 30.5 Å². The molecule has 0 spiro atoms. The van der Waals surface area contributed by atoms with Crippen molar-refractivity contribution in [2.45, 2.75) is 84.5 Å². The van der Waals surface area contributed by atoms with E-state index >= 15 is 0 Å². The third-order valence-corrected chi connectivity index (χ3v) is 6.94. The van der Waals surface area contributed by atoms with Crippen LogP contribution in [0.5, 0.6) is 11.5 Å². The van der Waals surface area contributed by atoms with E-state index in [0.717, 1.165) is 23.9 Å². The van der Waals surface area contributed by atoms with E-state index in [1.54, 1.807) is 48.5 Å². The zero-order valence-corrected chi connectivity index (χ0v) is 24.1. The van der Waals surface area contributed by atoms with E-state index in [1.165, 1.54) is 57.8 Å². The number of ether oxygens (including phenoxy) is 3. The molecule has 204 valence electrons. The summed E-state index contributed by atoms with van der Waals surface area (Å²) in [6.07, 6.45) is 13.8. The van der Waals surface area contributed by atoms with E-state index < -0.39 is 5.97 Å². The third-order valence-electron chi connectivity index (χ3n) is 6.38. The van der Waals surface area contributed by atoms with Crippen molar-refractivity contribution in [1.82, 2.24) is 0 Å². The van der Waals surface area contributed by atoms with Crippen molar-refractivity contribution in [3.63, 3.8) is 0 Å². The lowest BCUT2D eigenvalue weighted by Crippen LogP contribution is -2.12. The third kappa shape index (κ3) is 13.1. The zero-order valence-electron chi connectivity index (χ0n) is 22.5. The molecular weight excluding hydrogens is 532 g/mol. The molecule has 0 radical (unpaired) electrons. The molecule has 0 N–H and O–H groups in total. The fourth-order valence-electron chi connectivity index (χ4n) is 3.73. The van der Waals surface area contributed by atoms with Gasteiger partial charge in [0.05, 0.1) is 24.3 Å². The Morgan fingerprint density at radius 2 is 1.19 bits per heavy atom. The van der Waals surface area contributed by atoms with Crippen molar-refractivity contribution in [1.29, 1.82) is 0 Å². The molecule has 0 aliphatic rings. The summed E-state index contributed by atoms with van der Waals surface area (Å²) < 4.78 is 16.6. The van der Waals surface area contributed by atoms with Gasteiger partial charge in [-0.25, -0.2) is 9.59 Å². The highest BCUT2D eigenvalue weighted by Gasteiger charge is 2.12. The number of esters is 2. The highest BCUT2D eigenvalue weighted by molar-refractivity contribution is 9.09. The standard InChI is InChI=1S/C31H43BrO5/c1-3-25(2)24-36-30(33)26-16-20-29(21-17-26)37-31(34)27-14-18-28(19-15-27)35-23-13-11-9-7-5-4-6-8-10-12-22-32/h14-21,25H,3-13,22-24H2,1-2H3. The minimum Gasteiger partial charge on any atom is -0.494 e. The first-order valence-electron chi connectivity index (χ1n) is 13.8. The van der Waals surface area contributed by atoms with Gasteiger partial charge in [0.1, 0.15) is 11.5 Å². The molecule has 0 saturated heterocycles. The Bertz CT molecular complexity index is 895. The monoisotopic (exact) mass is 574 g/mol. The van der Waals surface area contributed by atoms with Crippen LogP contribution in [0.25, 0.3) is 0 Å². The van der Waals surface area contributed by atoms with E-state index in [1.807, 2.05) is 6.92 Å². The summed E-state index contributed by atoms with van der Waals surface area (Å²) in [7, 11) is 0. The van der Waals surface area contributed by atoms with Crippen LogP contribution < -0.4 is 9.47 Å². The topological polar surface area (TPSA) is 61.8 Å². The van der Waals surface area contributed by atoms with Crippen LogP contribution in [0.4, 0.5) is 0 Å². The van der Waals surface area contributed by atoms with Crippen molar-refractivity contribution in [2.75, 3.05) is 18.5 Å². The summed E-state index contributed by atoms with van der Waals surface area (Å²) in [6.45, 7) is 5.17. The molecule has 2 aromatic carbocycles. The molecule has 2 aromatic rings. The Kier molecular flexibility index (Phi) is 15.7. The van der Waals surface area contributed by atoms with Crippen molar-refractivity contribution in [3.05, 3.63) is 59.7 Å².